The van der Waals surface area contributed by atoms with Crippen molar-refractivity contribution in [1.29, 1.82) is 0 Å². The summed E-state index contributed by atoms with van der Waals surface area (Å²) in [6.07, 6.45) is 0. The molecule has 0 radical (unpaired) electrons. The second-order valence-corrected chi connectivity index (χ2v) is 6.51. The Labute approximate surface area is 153 Å². The van der Waals surface area contributed by atoms with E-state index in [0.717, 1.165) is 17.0 Å². The van der Waals surface area contributed by atoms with Crippen LogP contribution >= 0.6 is 11.3 Å². The number of rotatable bonds is 3. The van der Waals surface area contributed by atoms with E-state index in [1.807, 2.05) is 30.5 Å². The molecule has 0 atom stereocenters. The van der Waals surface area contributed by atoms with E-state index < -0.39 is 0 Å². The third-order valence-electron chi connectivity index (χ3n) is 4.07. The lowest BCUT2D eigenvalue weighted by molar-refractivity contribution is 0.174. The first-order chi connectivity index (χ1) is 12.7. The minimum atomic E-state index is -0.294. The van der Waals surface area contributed by atoms with Gasteiger partial charge in [0.05, 0.1) is 11.4 Å². The Balaban J connectivity index is 1.82. The Bertz CT molecular complexity index is 1070. The fraction of sp³-hybridized carbons (Fsp3) is 0.158. The van der Waals surface area contributed by atoms with E-state index >= 15 is 0 Å². The van der Waals surface area contributed by atoms with Gasteiger partial charge in [-0.05, 0) is 37.3 Å². The Hall–Kier alpha value is -2.93. The first kappa shape index (κ1) is 16.5. The summed E-state index contributed by atoms with van der Waals surface area (Å²) in [5.74, 6) is 1.13. The quantitative estimate of drug-likeness (QED) is 0.658. The van der Waals surface area contributed by atoms with Crippen molar-refractivity contribution in [3.8, 4) is 22.8 Å². The Morgan fingerprint density at radius 1 is 1.15 bits per heavy atom. The molecule has 0 bridgehead atoms. The van der Waals surface area contributed by atoms with Crippen molar-refractivity contribution in [2.75, 3.05) is 13.8 Å². The molecule has 3 aromatic rings. The second-order valence-electron chi connectivity index (χ2n) is 5.67. The van der Waals surface area contributed by atoms with E-state index in [-0.39, 0.29) is 12.6 Å². The lowest BCUT2D eigenvalue weighted by Crippen LogP contribution is -2.14. The van der Waals surface area contributed by atoms with Crippen LogP contribution < -0.4 is 14.3 Å². The Kier molecular flexibility index (Phi) is 4.30. The molecular weight excluding hydrogens is 353 g/mol. The molecule has 0 saturated heterocycles. The van der Waals surface area contributed by atoms with Crippen LogP contribution in [0.3, 0.4) is 0 Å². The number of hydrogen-bond acceptors (Lipinski definition) is 5. The smallest absolute Gasteiger partial charge is 0.231 e. The molecule has 1 aliphatic heterocycles. The summed E-state index contributed by atoms with van der Waals surface area (Å²) in [5.41, 5.74) is 2.80. The predicted octanol–water partition coefficient (Wildman–Crippen LogP) is 3.89. The van der Waals surface area contributed by atoms with Crippen molar-refractivity contribution in [2.45, 2.75) is 6.92 Å². The molecule has 2 heterocycles. The van der Waals surface area contributed by atoms with Crippen LogP contribution in [0.15, 0.2) is 57.9 Å². The normalized spacial score (nSPS) is 14.1. The minimum Gasteiger partial charge on any atom is -0.454 e. The van der Waals surface area contributed by atoms with Crippen LogP contribution in [-0.2, 0) is 0 Å². The molecule has 0 fully saturated rings. The van der Waals surface area contributed by atoms with Crippen molar-refractivity contribution in [3.63, 3.8) is 0 Å². The molecule has 4 rings (SSSR count). The second kappa shape index (κ2) is 6.76. The topological polar surface area (TPSA) is 48.1 Å². The summed E-state index contributed by atoms with van der Waals surface area (Å²) >= 11 is 1.41. The highest BCUT2D eigenvalue weighted by atomic mass is 32.1. The highest BCUT2D eigenvalue weighted by Crippen LogP contribution is 2.32. The van der Waals surface area contributed by atoms with E-state index in [2.05, 4.69) is 10.1 Å². The summed E-state index contributed by atoms with van der Waals surface area (Å²) in [4.78, 5) is 4.94. The van der Waals surface area contributed by atoms with Gasteiger partial charge in [-0.2, -0.15) is 5.10 Å². The molecule has 0 aliphatic carbocycles. The third-order valence-corrected chi connectivity index (χ3v) is 4.97. The molecule has 26 heavy (non-hydrogen) atoms. The van der Waals surface area contributed by atoms with Crippen LogP contribution in [0.5, 0.6) is 11.5 Å². The van der Waals surface area contributed by atoms with Crippen LogP contribution in [0.2, 0.25) is 0 Å². The number of halogens is 1. The molecular formula is C19H16FN3O2S. The van der Waals surface area contributed by atoms with Crippen molar-refractivity contribution in [1.82, 2.24) is 4.68 Å². The van der Waals surface area contributed by atoms with Gasteiger partial charge in [0.2, 0.25) is 11.6 Å². The van der Waals surface area contributed by atoms with Crippen LogP contribution in [0.4, 0.5) is 4.39 Å². The van der Waals surface area contributed by atoms with Gasteiger partial charge in [-0.1, -0.05) is 12.1 Å². The summed E-state index contributed by atoms with van der Waals surface area (Å²) < 4.78 is 26.7. The predicted molar refractivity (Wildman–Crippen MR) is 99.4 cm³/mol. The Morgan fingerprint density at radius 3 is 2.77 bits per heavy atom. The van der Waals surface area contributed by atoms with Gasteiger partial charge in [-0.25, -0.2) is 9.07 Å². The van der Waals surface area contributed by atoms with Crippen molar-refractivity contribution < 1.29 is 13.9 Å². The monoisotopic (exact) mass is 369 g/mol. The molecule has 7 heteroatoms. The Morgan fingerprint density at radius 2 is 1.96 bits per heavy atom. The summed E-state index contributed by atoms with van der Waals surface area (Å²) in [6.45, 7) is 2.12. The van der Waals surface area contributed by atoms with Gasteiger partial charge in [0, 0.05) is 23.6 Å². The van der Waals surface area contributed by atoms with E-state index in [1.54, 1.807) is 29.9 Å². The van der Waals surface area contributed by atoms with Gasteiger partial charge in [0.1, 0.15) is 5.82 Å². The maximum atomic E-state index is 14.3. The largest absolute Gasteiger partial charge is 0.454 e. The molecule has 2 aromatic carbocycles. The highest BCUT2D eigenvalue weighted by molar-refractivity contribution is 7.07. The molecule has 132 valence electrons. The van der Waals surface area contributed by atoms with Gasteiger partial charge < -0.3 is 9.47 Å². The van der Waals surface area contributed by atoms with E-state index in [9.17, 15) is 4.39 Å². The average Bonchev–Trinajstić information content (AvgIpc) is 3.28. The van der Waals surface area contributed by atoms with E-state index in [0.29, 0.717) is 21.8 Å². The van der Waals surface area contributed by atoms with Crippen LogP contribution in [0, 0.1) is 5.82 Å². The average molecular weight is 369 g/mol. The number of nitrogens with zero attached hydrogens (tertiary/aromatic N) is 3. The standard InChI is InChI=1S/C19H16FN3O2S/c1-12(13-7-8-17-18(9-13)25-11-24-17)22-23-16(10-26-19(23)21-2)14-5-3-4-6-15(14)20/h3-10H,11H2,1-2H3. The molecule has 0 saturated carbocycles. The molecule has 0 N–H and O–H groups in total. The fourth-order valence-electron chi connectivity index (χ4n) is 2.73. The summed E-state index contributed by atoms with van der Waals surface area (Å²) in [5, 5.41) is 6.55. The number of aromatic nitrogens is 1. The molecule has 1 aliphatic rings. The number of ether oxygens (including phenoxy) is 2. The number of hydrogen-bond donors (Lipinski definition) is 0. The minimum absolute atomic E-state index is 0.227. The van der Waals surface area contributed by atoms with E-state index in [1.165, 1.54) is 17.4 Å². The first-order valence-corrected chi connectivity index (χ1v) is 8.89. The van der Waals surface area contributed by atoms with Crippen LogP contribution in [-0.4, -0.2) is 24.2 Å². The maximum Gasteiger partial charge on any atom is 0.231 e. The summed E-state index contributed by atoms with van der Waals surface area (Å²) in [6, 6.07) is 12.3. The lowest BCUT2D eigenvalue weighted by Gasteiger charge is -2.07. The third kappa shape index (κ3) is 2.90. The van der Waals surface area contributed by atoms with Gasteiger partial charge in [0.25, 0.3) is 0 Å². The molecule has 1 aromatic heterocycles. The van der Waals surface area contributed by atoms with Crippen molar-refractivity contribution >= 4 is 17.0 Å². The van der Waals surface area contributed by atoms with Crippen molar-refractivity contribution in [2.24, 2.45) is 10.1 Å². The number of thiazole rings is 1. The zero-order chi connectivity index (χ0) is 18.1. The fourth-order valence-corrected chi connectivity index (χ4v) is 3.52. The molecule has 0 unspecified atom stereocenters. The molecule has 0 spiro atoms. The van der Waals surface area contributed by atoms with Gasteiger partial charge in [0.15, 0.2) is 11.5 Å². The SMILES string of the molecule is CN=c1scc(-c2ccccc2F)n1N=C(C)c1ccc2c(c1)OCO2. The number of fused-ring (bicyclic) bond motifs is 1. The van der Waals surface area contributed by atoms with Gasteiger partial charge in [-0.15, -0.1) is 11.3 Å². The number of benzene rings is 2. The van der Waals surface area contributed by atoms with Gasteiger partial charge >= 0.3 is 0 Å². The summed E-state index contributed by atoms with van der Waals surface area (Å²) in [7, 11) is 1.69. The van der Waals surface area contributed by atoms with Crippen LogP contribution in [0.1, 0.15) is 12.5 Å². The maximum absolute atomic E-state index is 14.3. The lowest BCUT2D eigenvalue weighted by atomic mass is 10.1. The molecule has 5 nitrogen and oxygen atoms in total. The molecule has 0 amide bonds. The zero-order valence-electron chi connectivity index (χ0n) is 14.3. The zero-order valence-corrected chi connectivity index (χ0v) is 15.1. The van der Waals surface area contributed by atoms with Crippen LogP contribution in [0.25, 0.3) is 11.3 Å². The van der Waals surface area contributed by atoms with Crippen molar-refractivity contribution in [3.05, 3.63) is 64.0 Å². The first-order valence-electron chi connectivity index (χ1n) is 8.01. The van der Waals surface area contributed by atoms with E-state index in [4.69, 9.17) is 9.47 Å². The van der Waals surface area contributed by atoms with Gasteiger partial charge in [-0.3, -0.25) is 4.99 Å². The highest BCUT2D eigenvalue weighted by Gasteiger charge is 2.15.